The lowest BCUT2D eigenvalue weighted by molar-refractivity contribution is 0.625. The summed E-state index contributed by atoms with van der Waals surface area (Å²) in [6.07, 6.45) is 1.89. The molecular weight excluding hydrogens is 223 g/mol. The predicted molar refractivity (Wildman–Crippen MR) is 63.8 cm³/mol. The monoisotopic (exact) mass is 236 g/mol. The Kier molecular flexibility index (Phi) is 3.64. The highest BCUT2D eigenvalue weighted by Crippen LogP contribution is 2.11. The van der Waals surface area contributed by atoms with E-state index in [2.05, 4.69) is 10.3 Å². The van der Waals surface area contributed by atoms with Crippen molar-refractivity contribution in [2.45, 2.75) is 20.0 Å². The van der Waals surface area contributed by atoms with Crippen LogP contribution in [0.1, 0.15) is 15.4 Å². The van der Waals surface area contributed by atoms with Gasteiger partial charge in [-0.15, -0.1) is 11.3 Å². The molecule has 0 fully saturated rings. The number of nitrogens with one attached hydrogen (secondary N) is 1. The molecule has 1 N–H and O–H groups in total. The molecule has 2 nitrogen and oxygen atoms in total. The second kappa shape index (κ2) is 5.18. The van der Waals surface area contributed by atoms with Gasteiger partial charge in [-0.2, -0.15) is 0 Å². The number of nitrogens with zero attached hydrogens (tertiary/aromatic N) is 1. The third kappa shape index (κ3) is 3.12. The summed E-state index contributed by atoms with van der Waals surface area (Å²) in [4.78, 5) is 5.40. The zero-order chi connectivity index (χ0) is 11.4. The van der Waals surface area contributed by atoms with Gasteiger partial charge in [0.1, 0.15) is 5.82 Å². The van der Waals surface area contributed by atoms with Crippen molar-refractivity contribution in [2.75, 3.05) is 0 Å². The Morgan fingerprint density at radius 1 is 1.25 bits per heavy atom. The fourth-order valence-electron chi connectivity index (χ4n) is 1.42. The first-order valence-electron chi connectivity index (χ1n) is 5.10. The van der Waals surface area contributed by atoms with E-state index < -0.39 is 0 Å². The Bertz CT molecular complexity index is 450. The van der Waals surface area contributed by atoms with Gasteiger partial charge in [-0.3, -0.25) is 0 Å². The summed E-state index contributed by atoms with van der Waals surface area (Å²) in [5.41, 5.74) is 1.09. The fraction of sp³-hybridized carbons (Fsp3) is 0.250. The van der Waals surface area contributed by atoms with E-state index >= 15 is 0 Å². The first kappa shape index (κ1) is 11.2. The van der Waals surface area contributed by atoms with Gasteiger partial charge in [-0.1, -0.05) is 12.1 Å². The fourth-order valence-corrected chi connectivity index (χ4v) is 2.18. The normalized spacial score (nSPS) is 10.6. The number of benzene rings is 1. The van der Waals surface area contributed by atoms with E-state index in [4.69, 9.17) is 0 Å². The molecule has 0 radical (unpaired) electrons. The third-order valence-electron chi connectivity index (χ3n) is 2.21. The molecule has 1 heterocycles. The summed E-state index contributed by atoms with van der Waals surface area (Å²) in [5, 5.41) is 4.38. The first-order valence-corrected chi connectivity index (χ1v) is 5.92. The summed E-state index contributed by atoms with van der Waals surface area (Å²) in [6.45, 7) is 3.55. The molecule has 4 heteroatoms. The number of aryl methyl sites for hydroxylation is 1. The van der Waals surface area contributed by atoms with Gasteiger partial charge in [-0.25, -0.2) is 9.37 Å². The lowest BCUT2D eigenvalue weighted by atomic mass is 10.2. The van der Waals surface area contributed by atoms with Gasteiger partial charge < -0.3 is 5.32 Å². The zero-order valence-electron chi connectivity index (χ0n) is 9.03. The molecule has 2 rings (SSSR count). The number of thiazole rings is 1. The first-order chi connectivity index (χ1) is 7.74. The second-order valence-corrected chi connectivity index (χ2v) is 4.89. The van der Waals surface area contributed by atoms with Crippen LogP contribution in [-0.4, -0.2) is 4.98 Å². The van der Waals surface area contributed by atoms with E-state index in [-0.39, 0.29) is 5.82 Å². The molecule has 2 aromatic rings. The van der Waals surface area contributed by atoms with Crippen molar-refractivity contribution in [2.24, 2.45) is 0 Å². The Balaban J connectivity index is 1.82. The largest absolute Gasteiger partial charge is 0.308 e. The molecule has 0 atom stereocenters. The Labute approximate surface area is 98.2 Å². The molecule has 0 aliphatic heterocycles. The molecule has 0 saturated heterocycles. The van der Waals surface area contributed by atoms with Gasteiger partial charge in [0.15, 0.2) is 0 Å². The Morgan fingerprint density at radius 2 is 2.00 bits per heavy atom. The number of hydrogen-bond donors (Lipinski definition) is 1. The van der Waals surface area contributed by atoms with Crippen molar-refractivity contribution in [3.05, 3.63) is 51.7 Å². The number of halogens is 1. The van der Waals surface area contributed by atoms with E-state index in [1.807, 2.05) is 13.1 Å². The molecule has 84 valence electrons. The van der Waals surface area contributed by atoms with Crippen molar-refractivity contribution in [3.63, 3.8) is 0 Å². The standard InChI is InChI=1S/C12H13FN2S/c1-9-15-8-12(16-9)7-14-6-10-2-4-11(13)5-3-10/h2-5,8,14H,6-7H2,1H3. The van der Waals surface area contributed by atoms with Gasteiger partial charge in [0.05, 0.1) is 5.01 Å². The minimum absolute atomic E-state index is 0.193. The van der Waals surface area contributed by atoms with Crippen LogP contribution < -0.4 is 5.32 Å². The lowest BCUT2D eigenvalue weighted by Gasteiger charge is -2.02. The molecule has 0 spiro atoms. The Morgan fingerprint density at radius 3 is 2.62 bits per heavy atom. The van der Waals surface area contributed by atoms with E-state index in [0.29, 0.717) is 0 Å². The van der Waals surface area contributed by atoms with Gasteiger partial charge in [-0.05, 0) is 24.6 Å². The van der Waals surface area contributed by atoms with Gasteiger partial charge in [0.2, 0.25) is 0 Å². The van der Waals surface area contributed by atoms with E-state index in [0.717, 1.165) is 23.7 Å². The van der Waals surface area contributed by atoms with Crippen molar-refractivity contribution >= 4 is 11.3 Å². The maximum atomic E-state index is 12.6. The molecule has 0 aliphatic rings. The Hall–Kier alpha value is -1.26. The van der Waals surface area contributed by atoms with Crippen LogP contribution in [0.2, 0.25) is 0 Å². The van der Waals surface area contributed by atoms with Gasteiger partial charge >= 0.3 is 0 Å². The SMILES string of the molecule is Cc1ncc(CNCc2ccc(F)cc2)s1. The summed E-state index contributed by atoms with van der Waals surface area (Å²) in [7, 11) is 0. The van der Waals surface area contributed by atoms with E-state index in [1.54, 1.807) is 23.5 Å². The topological polar surface area (TPSA) is 24.9 Å². The van der Waals surface area contributed by atoms with Crippen LogP contribution in [-0.2, 0) is 13.1 Å². The molecular formula is C12H13FN2S. The zero-order valence-corrected chi connectivity index (χ0v) is 9.85. The molecule has 0 aliphatic carbocycles. The van der Waals surface area contributed by atoms with Crippen LogP contribution in [0.25, 0.3) is 0 Å². The maximum absolute atomic E-state index is 12.6. The molecule has 0 unspecified atom stereocenters. The van der Waals surface area contributed by atoms with E-state index in [1.165, 1.54) is 17.0 Å². The van der Waals surface area contributed by atoms with Crippen molar-refractivity contribution < 1.29 is 4.39 Å². The van der Waals surface area contributed by atoms with Crippen LogP contribution in [0.4, 0.5) is 4.39 Å². The smallest absolute Gasteiger partial charge is 0.123 e. The number of rotatable bonds is 4. The molecule has 0 amide bonds. The highest BCUT2D eigenvalue weighted by atomic mass is 32.1. The highest BCUT2D eigenvalue weighted by Gasteiger charge is 1.98. The quantitative estimate of drug-likeness (QED) is 0.883. The highest BCUT2D eigenvalue weighted by molar-refractivity contribution is 7.11. The minimum atomic E-state index is -0.193. The van der Waals surface area contributed by atoms with Gasteiger partial charge in [0, 0.05) is 24.2 Å². The van der Waals surface area contributed by atoms with Crippen LogP contribution in [0.15, 0.2) is 30.5 Å². The number of hydrogen-bond acceptors (Lipinski definition) is 3. The van der Waals surface area contributed by atoms with Crippen LogP contribution in [0, 0.1) is 12.7 Å². The lowest BCUT2D eigenvalue weighted by Crippen LogP contribution is -2.11. The summed E-state index contributed by atoms with van der Waals surface area (Å²) in [5.74, 6) is -0.193. The van der Waals surface area contributed by atoms with Crippen LogP contribution >= 0.6 is 11.3 Å². The van der Waals surface area contributed by atoms with Gasteiger partial charge in [0.25, 0.3) is 0 Å². The summed E-state index contributed by atoms with van der Waals surface area (Å²) >= 11 is 1.69. The average Bonchev–Trinajstić information content (AvgIpc) is 2.67. The molecule has 16 heavy (non-hydrogen) atoms. The third-order valence-corrected chi connectivity index (χ3v) is 3.12. The van der Waals surface area contributed by atoms with Crippen molar-refractivity contribution in [1.82, 2.24) is 10.3 Å². The molecule has 0 bridgehead atoms. The van der Waals surface area contributed by atoms with Crippen molar-refractivity contribution in [1.29, 1.82) is 0 Å². The average molecular weight is 236 g/mol. The second-order valence-electron chi connectivity index (χ2n) is 3.58. The molecule has 0 saturated carbocycles. The summed E-state index contributed by atoms with van der Waals surface area (Å²) < 4.78 is 12.6. The van der Waals surface area contributed by atoms with E-state index in [9.17, 15) is 4.39 Å². The maximum Gasteiger partial charge on any atom is 0.123 e. The minimum Gasteiger partial charge on any atom is -0.308 e. The molecule has 1 aromatic heterocycles. The van der Waals surface area contributed by atoms with Crippen molar-refractivity contribution in [3.8, 4) is 0 Å². The summed E-state index contributed by atoms with van der Waals surface area (Å²) in [6, 6.07) is 6.54. The molecule has 1 aromatic carbocycles. The van der Waals surface area contributed by atoms with Crippen LogP contribution in [0.5, 0.6) is 0 Å². The van der Waals surface area contributed by atoms with Crippen LogP contribution in [0.3, 0.4) is 0 Å². The predicted octanol–water partition coefficient (Wildman–Crippen LogP) is 2.88. The number of aromatic nitrogens is 1.